The molecule has 1 fully saturated rings. The number of thioether (sulfide) groups is 1. The van der Waals surface area contributed by atoms with Gasteiger partial charge in [-0.25, -0.2) is 0 Å². The van der Waals surface area contributed by atoms with Crippen LogP contribution in [0.15, 0.2) is 59.5 Å². The van der Waals surface area contributed by atoms with Gasteiger partial charge in [-0.1, -0.05) is 53.8 Å². The standard InChI is InChI=1S/C27H23ClINO3S2/c1-4-32-23-13-19(12-22(29)25(23)33-15-18-6-8-20(28)9-7-18)14-24-26(31)30(27(34)35-24)21-10-5-16(2)17(3)11-21/h5-14H,4,15H2,1-3H3/b24-14+. The van der Waals surface area contributed by atoms with E-state index in [9.17, 15) is 4.79 Å². The van der Waals surface area contributed by atoms with Crippen LogP contribution in [0.5, 0.6) is 11.5 Å². The first-order valence-electron chi connectivity index (χ1n) is 11.0. The molecular weight excluding hydrogens is 613 g/mol. The van der Waals surface area contributed by atoms with Gasteiger partial charge in [-0.2, -0.15) is 0 Å². The van der Waals surface area contributed by atoms with Crippen molar-refractivity contribution < 1.29 is 14.3 Å². The summed E-state index contributed by atoms with van der Waals surface area (Å²) in [6.45, 7) is 6.88. The Morgan fingerprint density at radius 2 is 1.80 bits per heavy atom. The SMILES string of the molecule is CCOc1cc(/C=C2/SC(=S)N(c3ccc(C)c(C)c3)C2=O)cc(I)c1OCc1ccc(Cl)cc1. The highest BCUT2D eigenvalue weighted by Crippen LogP contribution is 2.39. The number of thiocarbonyl (C=S) groups is 1. The minimum absolute atomic E-state index is 0.126. The van der Waals surface area contributed by atoms with Crippen LogP contribution in [-0.2, 0) is 11.4 Å². The van der Waals surface area contributed by atoms with Crippen LogP contribution in [0.3, 0.4) is 0 Å². The lowest BCUT2D eigenvalue weighted by molar-refractivity contribution is -0.113. The lowest BCUT2D eigenvalue weighted by atomic mass is 10.1. The van der Waals surface area contributed by atoms with E-state index >= 15 is 0 Å². The molecule has 8 heteroatoms. The van der Waals surface area contributed by atoms with Crippen molar-refractivity contribution in [1.29, 1.82) is 0 Å². The summed E-state index contributed by atoms with van der Waals surface area (Å²) in [5, 5.41) is 0.686. The van der Waals surface area contributed by atoms with Crippen molar-refractivity contribution in [3.63, 3.8) is 0 Å². The molecular formula is C27H23ClINO3S2. The molecule has 0 unspecified atom stereocenters. The summed E-state index contributed by atoms with van der Waals surface area (Å²) in [5.74, 6) is 1.17. The van der Waals surface area contributed by atoms with Gasteiger partial charge in [0.05, 0.1) is 20.8 Å². The molecule has 1 heterocycles. The summed E-state index contributed by atoms with van der Waals surface area (Å²) in [6, 6.07) is 17.3. The number of anilines is 1. The average molecular weight is 636 g/mol. The summed E-state index contributed by atoms with van der Waals surface area (Å²) in [5.41, 5.74) is 4.93. The minimum Gasteiger partial charge on any atom is -0.490 e. The number of hydrogen-bond donors (Lipinski definition) is 0. The third-order valence-corrected chi connectivity index (χ3v) is 7.82. The molecule has 3 aromatic rings. The Morgan fingerprint density at radius 1 is 1.06 bits per heavy atom. The third kappa shape index (κ3) is 6.02. The van der Waals surface area contributed by atoms with Crippen molar-refractivity contribution in [2.45, 2.75) is 27.4 Å². The number of carbonyl (C=O) groups excluding carboxylic acids is 1. The minimum atomic E-state index is -0.126. The zero-order chi connectivity index (χ0) is 25.1. The lowest BCUT2D eigenvalue weighted by Gasteiger charge is -2.16. The fourth-order valence-corrected chi connectivity index (χ4v) is 5.72. The van der Waals surface area contributed by atoms with Gasteiger partial charge in [-0.15, -0.1) is 0 Å². The monoisotopic (exact) mass is 635 g/mol. The molecule has 0 radical (unpaired) electrons. The van der Waals surface area contributed by atoms with Crippen LogP contribution >= 0.6 is 58.2 Å². The third-order valence-electron chi connectivity index (χ3n) is 5.47. The number of halogens is 2. The second kappa shape index (κ2) is 11.3. The largest absolute Gasteiger partial charge is 0.490 e. The zero-order valence-corrected chi connectivity index (χ0v) is 24.0. The summed E-state index contributed by atoms with van der Waals surface area (Å²) in [4.78, 5) is 15.4. The molecule has 4 nitrogen and oxygen atoms in total. The highest BCUT2D eigenvalue weighted by atomic mass is 127. The van der Waals surface area contributed by atoms with E-state index in [0.717, 1.165) is 25.9 Å². The van der Waals surface area contributed by atoms with Crippen LogP contribution in [0.2, 0.25) is 5.02 Å². The highest BCUT2D eigenvalue weighted by Gasteiger charge is 2.33. The highest BCUT2D eigenvalue weighted by molar-refractivity contribution is 14.1. The first kappa shape index (κ1) is 26.0. The molecule has 180 valence electrons. The number of nitrogens with zero attached hydrogens (tertiary/aromatic N) is 1. The Balaban J connectivity index is 1.60. The smallest absolute Gasteiger partial charge is 0.270 e. The summed E-state index contributed by atoms with van der Waals surface area (Å²) in [7, 11) is 0. The molecule has 1 saturated heterocycles. The van der Waals surface area contributed by atoms with E-state index in [0.29, 0.717) is 39.0 Å². The van der Waals surface area contributed by atoms with Crippen molar-refractivity contribution in [3.8, 4) is 11.5 Å². The predicted octanol–water partition coefficient (Wildman–Crippen LogP) is 7.94. The molecule has 0 N–H and O–H groups in total. The molecule has 1 aliphatic heterocycles. The summed E-state index contributed by atoms with van der Waals surface area (Å²) in [6.07, 6.45) is 1.86. The predicted molar refractivity (Wildman–Crippen MR) is 158 cm³/mol. The number of carbonyl (C=O) groups is 1. The number of hydrogen-bond acceptors (Lipinski definition) is 5. The Labute approximate surface area is 233 Å². The van der Waals surface area contributed by atoms with Gasteiger partial charge in [0.25, 0.3) is 5.91 Å². The van der Waals surface area contributed by atoms with Gasteiger partial charge in [-0.05, 0) is 108 Å². The molecule has 0 saturated carbocycles. The molecule has 0 bridgehead atoms. The summed E-state index contributed by atoms with van der Waals surface area (Å²) >= 11 is 15.1. The number of ether oxygens (including phenoxy) is 2. The van der Waals surface area contributed by atoms with Crippen LogP contribution in [0.25, 0.3) is 6.08 Å². The molecule has 35 heavy (non-hydrogen) atoms. The number of rotatable bonds is 7. The topological polar surface area (TPSA) is 38.8 Å². The molecule has 4 rings (SSSR count). The van der Waals surface area contributed by atoms with Gasteiger partial charge in [0, 0.05) is 5.02 Å². The van der Waals surface area contributed by atoms with Crippen molar-refractivity contribution in [1.82, 2.24) is 0 Å². The van der Waals surface area contributed by atoms with E-state index in [1.54, 1.807) is 4.90 Å². The lowest BCUT2D eigenvalue weighted by Crippen LogP contribution is -2.27. The van der Waals surface area contributed by atoms with E-state index < -0.39 is 0 Å². The van der Waals surface area contributed by atoms with Crippen molar-refractivity contribution in [2.24, 2.45) is 0 Å². The maximum Gasteiger partial charge on any atom is 0.270 e. The Hall–Kier alpha value is -2.07. The van der Waals surface area contributed by atoms with Gasteiger partial charge >= 0.3 is 0 Å². The zero-order valence-electron chi connectivity index (χ0n) is 19.4. The van der Waals surface area contributed by atoms with Gasteiger partial charge in [-0.3, -0.25) is 9.69 Å². The van der Waals surface area contributed by atoms with Crippen molar-refractivity contribution in [3.05, 3.63) is 90.3 Å². The van der Waals surface area contributed by atoms with Gasteiger partial charge in [0.2, 0.25) is 0 Å². The molecule has 0 spiro atoms. The molecule has 1 amide bonds. The Morgan fingerprint density at radius 3 is 2.49 bits per heavy atom. The van der Waals surface area contributed by atoms with E-state index in [1.165, 1.54) is 17.3 Å². The normalized spacial score (nSPS) is 14.7. The molecule has 3 aromatic carbocycles. The van der Waals surface area contributed by atoms with Crippen LogP contribution < -0.4 is 14.4 Å². The second-order valence-electron chi connectivity index (χ2n) is 7.96. The number of aryl methyl sites for hydroxylation is 2. The quantitative estimate of drug-likeness (QED) is 0.150. The van der Waals surface area contributed by atoms with Crippen LogP contribution in [0.1, 0.15) is 29.2 Å². The van der Waals surface area contributed by atoms with Crippen LogP contribution in [0, 0.1) is 17.4 Å². The molecule has 0 aromatic heterocycles. The van der Waals surface area contributed by atoms with Gasteiger partial charge in [0.1, 0.15) is 6.61 Å². The number of benzene rings is 3. The molecule has 0 aliphatic carbocycles. The summed E-state index contributed by atoms with van der Waals surface area (Å²) < 4.78 is 13.4. The maximum atomic E-state index is 13.2. The fourth-order valence-electron chi connectivity index (χ4n) is 3.52. The Bertz CT molecular complexity index is 1320. The first-order valence-corrected chi connectivity index (χ1v) is 13.6. The second-order valence-corrected chi connectivity index (χ2v) is 11.2. The van der Waals surface area contributed by atoms with E-state index in [4.69, 9.17) is 33.3 Å². The Kier molecular flexibility index (Phi) is 8.42. The maximum absolute atomic E-state index is 13.2. The molecule has 1 aliphatic rings. The van der Waals surface area contributed by atoms with E-state index in [-0.39, 0.29) is 5.91 Å². The van der Waals surface area contributed by atoms with Crippen LogP contribution in [-0.4, -0.2) is 16.8 Å². The average Bonchev–Trinajstić information content (AvgIpc) is 3.09. The fraction of sp³-hybridized carbons (Fsp3) is 0.185. The van der Waals surface area contributed by atoms with Crippen LogP contribution in [0.4, 0.5) is 5.69 Å². The van der Waals surface area contributed by atoms with Gasteiger partial charge in [0.15, 0.2) is 15.8 Å². The van der Waals surface area contributed by atoms with E-state index in [1.807, 2.05) is 81.4 Å². The molecule has 0 atom stereocenters. The first-order chi connectivity index (χ1) is 16.8. The van der Waals surface area contributed by atoms with Gasteiger partial charge < -0.3 is 9.47 Å². The van der Waals surface area contributed by atoms with Crippen molar-refractivity contribution >= 4 is 80.2 Å². The number of amides is 1. The van der Waals surface area contributed by atoms with Crippen molar-refractivity contribution in [2.75, 3.05) is 11.5 Å². The van der Waals surface area contributed by atoms with E-state index in [2.05, 4.69) is 22.6 Å².